The van der Waals surface area contributed by atoms with E-state index in [0.717, 1.165) is 39.6 Å². The van der Waals surface area contributed by atoms with Crippen LogP contribution in [0.5, 0.6) is 0 Å². The molecule has 6 nitrogen and oxygen atoms in total. The van der Waals surface area contributed by atoms with E-state index in [2.05, 4.69) is 18.8 Å². The van der Waals surface area contributed by atoms with E-state index in [1.54, 1.807) is 17.6 Å². The van der Waals surface area contributed by atoms with Crippen LogP contribution in [-0.4, -0.2) is 20.6 Å². The fourth-order valence-electron chi connectivity index (χ4n) is 5.38. The molecule has 4 aromatic rings. The first-order chi connectivity index (χ1) is 17.5. The molecule has 0 bridgehead atoms. The predicted molar refractivity (Wildman–Crippen MR) is 136 cm³/mol. The molecule has 0 spiro atoms. The Morgan fingerprint density at radius 1 is 1.06 bits per heavy atom. The Labute approximate surface area is 208 Å². The third kappa shape index (κ3) is 3.13. The van der Waals surface area contributed by atoms with Crippen molar-refractivity contribution >= 4 is 16.9 Å². The maximum Gasteiger partial charge on any atom is 0.343 e. The Kier molecular flexibility index (Phi) is 5.06. The molecule has 178 valence electrons. The van der Waals surface area contributed by atoms with Gasteiger partial charge in [0.2, 0.25) is 0 Å². The SMILES string of the molecule is CCc1c2c(nc3cccc(C#Cc4ccccc4)c13)-c1cc3c(c(=O)n1C2)COC(=O)[C@]3(O)CC. The molecule has 0 aliphatic carbocycles. The van der Waals surface area contributed by atoms with Crippen LogP contribution in [0.2, 0.25) is 0 Å². The smallest absolute Gasteiger partial charge is 0.343 e. The van der Waals surface area contributed by atoms with E-state index in [1.807, 2.05) is 48.5 Å². The number of ether oxygens (including phenoxy) is 1. The van der Waals surface area contributed by atoms with Gasteiger partial charge in [-0.1, -0.05) is 50.0 Å². The summed E-state index contributed by atoms with van der Waals surface area (Å²) < 4.78 is 6.86. The van der Waals surface area contributed by atoms with Crippen molar-refractivity contribution in [2.45, 2.75) is 45.4 Å². The highest BCUT2D eigenvalue weighted by atomic mass is 16.6. The molecule has 2 aromatic carbocycles. The average molecular weight is 477 g/mol. The number of pyridine rings is 2. The van der Waals surface area contributed by atoms with Gasteiger partial charge in [-0.3, -0.25) is 4.79 Å². The standard InChI is InChI=1S/C30H24N2O4/c1-3-20-21-16-32-25(15-23-22(28(32)33)17-36-29(34)30(23,35)4-2)27(21)31-24-12-8-11-19(26(20)24)14-13-18-9-6-5-7-10-18/h5-12,15,35H,3-4,16-17H2,1-2H3/t30-/m0/s1. The summed E-state index contributed by atoms with van der Waals surface area (Å²) in [7, 11) is 0. The van der Waals surface area contributed by atoms with Crippen LogP contribution in [0.3, 0.4) is 0 Å². The first-order valence-corrected chi connectivity index (χ1v) is 12.1. The molecule has 0 saturated carbocycles. The van der Waals surface area contributed by atoms with Crippen molar-refractivity contribution in [2.24, 2.45) is 0 Å². The lowest BCUT2D eigenvalue weighted by Crippen LogP contribution is -2.44. The number of aliphatic hydroxyl groups is 1. The quantitative estimate of drug-likeness (QED) is 0.307. The molecule has 4 heterocycles. The van der Waals surface area contributed by atoms with E-state index < -0.39 is 11.6 Å². The van der Waals surface area contributed by atoms with E-state index >= 15 is 0 Å². The molecule has 1 N–H and O–H groups in total. The van der Waals surface area contributed by atoms with Crippen LogP contribution in [0.1, 0.15) is 53.6 Å². The van der Waals surface area contributed by atoms with Crippen molar-refractivity contribution in [3.8, 4) is 23.2 Å². The van der Waals surface area contributed by atoms with Crippen LogP contribution >= 0.6 is 0 Å². The third-order valence-electron chi connectivity index (χ3n) is 7.30. The summed E-state index contributed by atoms with van der Waals surface area (Å²) in [6.07, 6.45) is 0.859. The minimum absolute atomic E-state index is 0.114. The Bertz CT molecular complexity index is 1690. The summed E-state index contributed by atoms with van der Waals surface area (Å²) >= 11 is 0. The number of aromatic nitrogens is 2. The molecule has 2 aromatic heterocycles. The Balaban J connectivity index is 1.58. The number of benzene rings is 2. The minimum atomic E-state index is -1.84. The molecule has 6 rings (SSSR count). The van der Waals surface area contributed by atoms with Crippen LogP contribution < -0.4 is 5.56 Å². The zero-order chi connectivity index (χ0) is 25.0. The number of rotatable bonds is 2. The second-order valence-corrected chi connectivity index (χ2v) is 9.19. The van der Waals surface area contributed by atoms with Gasteiger partial charge in [0.15, 0.2) is 5.60 Å². The highest BCUT2D eigenvalue weighted by Crippen LogP contribution is 2.40. The number of cyclic esters (lactones) is 1. The highest BCUT2D eigenvalue weighted by molar-refractivity contribution is 5.93. The first-order valence-electron chi connectivity index (χ1n) is 12.1. The Morgan fingerprint density at radius 3 is 2.61 bits per heavy atom. The maximum absolute atomic E-state index is 13.5. The van der Waals surface area contributed by atoms with Gasteiger partial charge in [0, 0.05) is 27.6 Å². The molecule has 0 fully saturated rings. The molecule has 2 aliphatic rings. The zero-order valence-electron chi connectivity index (χ0n) is 20.1. The van der Waals surface area contributed by atoms with Gasteiger partial charge in [-0.05, 0) is 48.7 Å². The second kappa shape index (κ2) is 8.18. The largest absolute Gasteiger partial charge is 0.458 e. The number of aryl methyl sites for hydroxylation is 1. The molecule has 36 heavy (non-hydrogen) atoms. The van der Waals surface area contributed by atoms with Gasteiger partial charge >= 0.3 is 5.97 Å². The third-order valence-corrected chi connectivity index (χ3v) is 7.30. The fraction of sp³-hybridized carbons (Fsp3) is 0.233. The van der Waals surface area contributed by atoms with Gasteiger partial charge in [-0.15, -0.1) is 0 Å². The number of hydrogen-bond donors (Lipinski definition) is 1. The molecule has 0 saturated heterocycles. The maximum atomic E-state index is 13.5. The van der Waals surface area contributed by atoms with Crippen molar-refractivity contribution in [3.63, 3.8) is 0 Å². The number of nitrogens with zero attached hydrogens (tertiary/aromatic N) is 2. The number of carbonyl (C=O) groups is 1. The van der Waals surface area contributed by atoms with Crippen LogP contribution in [0, 0.1) is 11.8 Å². The summed E-state index contributed by atoms with van der Waals surface area (Å²) in [5.74, 6) is 5.85. The fourth-order valence-corrected chi connectivity index (χ4v) is 5.38. The lowest BCUT2D eigenvalue weighted by atomic mass is 9.86. The molecule has 0 unspecified atom stereocenters. The summed E-state index contributed by atoms with van der Waals surface area (Å²) in [6.45, 7) is 4.03. The van der Waals surface area contributed by atoms with Crippen LogP contribution in [-0.2, 0) is 34.7 Å². The molecule has 0 radical (unpaired) electrons. The monoisotopic (exact) mass is 476 g/mol. The van der Waals surface area contributed by atoms with Gasteiger partial charge in [0.05, 0.1) is 29.0 Å². The van der Waals surface area contributed by atoms with Gasteiger partial charge < -0.3 is 14.4 Å². The van der Waals surface area contributed by atoms with Crippen LogP contribution in [0.4, 0.5) is 0 Å². The Morgan fingerprint density at radius 2 is 1.86 bits per heavy atom. The first kappa shape index (κ1) is 22.3. The highest BCUT2D eigenvalue weighted by Gasteiger charge is 2.45. The molecule has 2 aliphatic heterocycles. The van der Waals surface area contributed by atoms with Crippen molar-refractivity contribution < 1.29 is 14.6 Å². The van der Waals surface area contributed by atoms with Gasteiger partial charge in [-0.2, -0.15) is 0 Å². The van der Waals surface area contributed by atoms with Crippen molar-refractivity contribution in [1.29, 1.82) is 0 Å². The van der Waals surface area contributed by atoms with E-state index in [9.17, 15) is 14.7 Å². The summed E-state index contributed by atoms with van der Waals surface area (Å²) in [4.78, 5) is 30.9. The Hall–Kier alpha value is -4.21. The van der Waals surface area contributed by atoms with Gasteiger partial charge in [0.25, 0.3) is 5.56 Å². The summed E-state index contributed by atoms with van der Waals surface area (Å²) in [6, 6.07) is 17.5. The van der Waals surface area contributed by atoms with E-state index in [1.165, 1.54) is 0 Å². The molecular weight excluding hydrogens is 452 g/mol. The molecule has 0 amide bonds. The summed E-state index contributed by atoms with van der Waals surface area (Å²) in [5.41, 5.74) is 4.60. The summed E-state index contributed by atoms with van der Waals surface area (Å²) in [5, 5.41) is 12.1. The van der Waals surface area contributed by atoms with Crippen molar-refractivity contribution in [3.05, 3.63) is 98.3 Å². The normalized spacial score (nSPS) is 17.6. The van der Waals surface area contributed by atoms with E-state index in [-0.39, 0.29) is 18.6 Å². The lowest BCUT2D eigenvalue weighted by molar-refractivity contribution is -0.172. The number of esters is 1. The lowest BCUT2D eigenvalue weighted by Gasteiger charge is -2.31. The van der Waals surface area contributed by atoms with Gasteiger partial charge in [-0.25, -0.2) is 9.78 Å². The average Bonchev–Trinajstić information content (AvgIpc) is 3.27. The second-order valence-electron chi connectivity index (χ2n) is 9.19. The van der Waals surface area contributed by atoms with E-state index in [0.29, 0.717) is 29.1 Å². The van der Waals surface area contributed by atoms with Crippen molar-refractivity contribution in [2.75, 3.05) is 0 Å². The van der Waals surface area contributed by atoms with E-state index in [4.69, 9.17) is 9.72 Å². The molecule has 6 heteroatoms. The number of fused-ring (bicyclic) bond motifs is 5. The van der Waals surface area contributed by atoms with Crippen LogP contribution in [0.15, 0.2) is 59.4 Å². The van der Waals surface area contributed by atoms with Gasteiger partial charge in [0.1, 0.15) is 6.61 Å². The molecule has 1 atom stereocenters. The van der Waals surface area contributed by atoms with Crippen LogP contribution in [0.25, 0.3) is 22.3 Å². The molecular formula is C30H24N2O4. The zero-order valence-corrected chi connectivity index (χ0v) is 20.1. The predicted octanol–water partition coefficient (Wildman–Crippen LogP) is 4.04. The number of carbonyl (C=O) groups excluding carboxylic acids is 1. The number of hydrogen-bond acceptors (Lipinski definition) is 5. The minimum Gasteiger partial charge on any atom is -0.458 e. The topological polar surface area (TPSA) is 81.4 Å². The van der Waals surface area contributed by atoms with Crippen molar-refractivity contribution in [1.82, 2.24) is 9.55 Å².